The molecule has 4 N–H and O–H groups in total. The van der Waals surface area contributed by atoms with Gasteiger partial charge in [-0.3, -0.25) is 4.79 Å². The lowest BCUT2D eigenvalue weighted by Gasteiger charge is -2.25. The van der Waals surface area contributed by atoms with Crippen LogP contribution in [0.15, 0.2) is 41.6 Å². The first-order valence-electron chi connectivity index (χ1n) is 7.27. The predicted molar refractivity (Wildman–Crippen MR) is 95.2 cm³/mol. The first kappa shape index (κ1) is 17.1. The van der Waals surface area contributed by atoms with Crippen molar-refractivity contribution < 1.29 is 4.79 Å². The number of nitrogens with zero attached hydrogens (tertiary/aromatic N) is 3. The third-order valence-electron chi connectivity index (χ3n) is 3.30. The molecule has 2 aromatic rings. The standard InChI is InChI=1S/C16H21N5OS/c1-10(2)14(23-16-19-12(17)9-13(18)20-16)15(22)21(3)11-7-5-4-6-8-11/h4-10,14H,1-3H3,(H4,17,18,19,20)/t14-/m0/s1. The molecule has 1 aromatic heterocycles. The second-order valence-electron chi connectivity index (χ2n) is 5.52. The highest BCUT2D eigenvalue weighted by Crippen LogP contribution is 2.29. The monoisotopic (exact) mass is 331 g/mol. The number of amides is 1. The maximum absolute atomic E-state index is 12.8. The summed E-state index contributed by atoms with van der Waals surface area (Å²) >= 11 is 1.28. The Morgan fingerprint density at radius 3 is 2.22 bits per heavy atom. The fourth-order valence-electron chi connectivity index (χ4n) is 2.07. The highest BCUT2D eigenvalue weighted by Gasteiger charge is 2.28. The van der Waals surface area contributed by atoms with Crippen LogP contribution in [0.5, 0.6) is 0 Å². The Morgan fingerprint density at radius 1 is 1.13 bits per heavy atom. The molecular weight excluding hydrogens is 310 g/mol. The van der Waals surface area contributed by atoms with Crippen LogP contribution in [0.4, 0.5) is 17.3 Å². The third kappa shape index (κ3) is 4.35. The zero-order chi connectivity index (χ0) is 17.0. The second kappa shape index (κ2) is 7.32. The summed E-state index contributed by atoms with van der Waals surface area (Å²) in [6, 6.07) is 11.0. The minimum Gasteiger partial charge on any atom is -0.383 e. The van der Waals surface area contributed by atoms with Gasteiger partial charge in [-0.1, -0.05) is 43.8 Å². The Kier molecular flexibility index (Phi) is 5.44. The Hall–Kier alpha value is -2.28. The van der Waals surface area contributed by atoms with Crippen LogP contribution >= 0.6 is 11.8 Å². The van der Waals surface area contributed by atoms with Gasteiger partial charge in [0.2, 0.25) is 5.91 Å². The number of thioether (sulfide) groups is 1. The average Bonchev–Trinajstić information content (AvgIpc) is 2.51. The molecule has 1 atom stereocenters. The van der Waals surface area contributed by atoms with Crippen molar-refractivity contribution in [1.82, 2.24) is 9.97 Å². The van der Waals surface area contributed by atoms with Crippen LogP contribution in [0, 0.1) is 5.92 Å². The van der Waals surface area contributed by atoms with Gasteiger partial charge in [0, 0.05) is 18.8 Å². The number of carbonyl (C=O) groups is 1. The highest BCUT2D eigenvalue weighted by atomic mass is 32.2. The van der Waals surface area contributed by atoms with Crippen molar-refractivity contribution in [2.75, 3.05) is 23.4 Å². The summed E-state index contributed by atoms with van der Waals surface area (Å²) in [5, 5.41) is 0.0809. The summed E-state index contributed by atoms with van der Waals surface area (Å²) < 4.78 is 0. The Balaban J connectivity index is 2.22. The van der Waals surface area contributed by atoms with Gasteiger partial charge in [0.1, 0.15) is 11.6 Å². The molecule has 122 valence electrons. The van der Waals surface area contributed by atoms with Gasteiger partial charge < -0.3 is 16.4 Å². The minimum absolute atomic E-state index is 0.0132. The molecule has 1 heterocycles. The van der Waals surface area contributed by atoms with Gasteiger partial charge in [-0.2, -0.15) is 0 Å². The smallest absolute Gasteiger partial charge is 0.240 e. The van der Waals surface area contributed by atoms with Crippen LogP contribution in [0.1, 0.15) is 13.8 Å². The molecular formula is C16H21N5OS. The van der Waals surface area contributed by atoms with Crippen molar-refractivity contribution in [2.24, 2.45) is 5.92 Å². The summed E-state index contributed by atoms with van der Waals surface area (Å²) in [5.41, 5.74) is 12.2. The molecule has 2 rings (SSSR count). The van der Waals surface area contributed by atoms with Crippen LogP contribution in [-0.4, -0.2) is 28.2 Å². The zero-order valence-electron chi connectivity index (χ0n) is 13.4. The van der Waals surface area contributed by atoms with Gasteiger partial charge in [0.05, 0.1) is 5.25 Å². The lowest BCUT2D eigenvalue weighted by molar-refractivity contribution is -0.118. The molecule has 0 radical (unpaired) electrons. The maximum Gasteiger partial charge on any atom is 0.240 e. The Labute approximate surface area is 140 Å². The van der Waals surface area contributed by atoms with Crippen molar-refractivity contribution in [3.8, 4) is 0 Å². The summed E-state index contributed by atoms with van der Waals surface area (Å²) in [6.45, 7) is 3.98. The topological polar surface area (TPSA) is 98.1 Å². The molecule has 0 spiro atoms. The van der Waals surface area contributed by atoms with E-state index in [4.69, 9.17) is 11.5 Å². The lowest BCUT2D eigenvalue weighted by atomic mass is 10.1. The quantitative estimate of drug-likeness (QED) is 0.645. The van der Waals surface area contributed by atoms with E-state index in [1.807, 2.05) is 44.2 Å². The van der Waals surface area contributed by atoms with Gasteiger partial charge in [0.25, 0.3) is 0 Å². The normalized spacial score (nSPS) is 12.2. The number of hydrogen-bond donors (Lipinski definition) is 2. The van der Waals surface area contributed by atoms with Crippen LogP contribution < -0.4 is 16.4 Å². The Morgan fingerprint density at radius 2 is 1.70 bits per heavy atom. The van der Waals surface area contributed by atoms with Gasteiger partial charge in [-0.05, 0) is 18.1 Å². The molecule has 0 saturated carbocycles. The van der Waals surface area contributed by atoms with E-state index < -0.39 is 0 Å². The molecule has 23 heavy (non-hydrogen) atoms. The number of rotatable bonds is 5. The summed E-state index contributed by atoms with van der Waals surface area (Å²) in [5.74, 6) is 0.684. The summed E-state index contributed by atoms with van der Waals surface area (Å²) in [7, 11) is 1.77. The summed E-state index contributed by atoms with van der Waals surface area (Å²) in [6.07, 6.45) is 0. The van der Waals surface area contributed by atoms with Crippen LogP contribution in [-0.2, 0) is 4.79 Å². The molecule has 1 amide bonds. The van der Waals surface area contributed by atoms with E-state index in [2.05, 4.69) is 9.97 Å². The minimum atomic E-state index is -0.332. The molecule has 0 aliphatic rings. The van der Waals surface area contributed by atoms with Crippen molar-refractivity contribution in [3.63, 3.8) is 0 Å². The molecule has 0 bridgehead atoms. The van der Waals surface area contributed by atoms with Gasteiger partial charge in [-0.15, -0.1) is 0 Å². The van der Waals surface area contributed by atoms with Gasteiger partial charge in [0.15, 0.2) is 5.16 Å². The van der Waals surface area contributed by atoms with Crippen LogP contribution in [0.3, 0.4) is 0 Å². The highest BCUT2D eigenvalue weighted by molar-refractivity contribution is 8.00. The van der Waals surface area contributed by atoms with Gasteiger partial charge >= 0.3 is 0 Å². The SMILES string of the molecule is CC(C)[C@H](Sc1nc(N)cc(N)n1)C(=O)N(C)c1ccccc1. The molecule has 0 saturated heterocycles. The maximum atomic E-state index is 12.8. The second-order valence-corrected chi connectivity index (χ2v) is 6.62. The summed E-state index contributed by atoms with van der Waals surface area (Å²) in [4.78, 5) is 22.8. The number of nitrogens with two attached hydrogens (primary N) is 2. The third-order valence-corrected chi connectivity index (χ3v) is 4.69. The fraction of sp³-hybridized carbons (Fsp3) is 0.312. The van der Waals surface area contributed by atoms with Crippen molar-refractivity contribution in [1.29, 1.82) is 0 Å². The van der Waals surface area contributed by atoms with Crippen LogP contribution in [0.2, 0.25) is 0 Å². The molecule has 6 nitrogen and oxygen atoms in total. The van der Waals surface area contributed by atoms with E-state index in [1.54, 1.807) is 11.9 Å². The molecule has 0 aliphatic carbocycles. The molecule has 0 unspecified atom stereocenters. The molecule has 0 aliphatic heterocycles. The molecule has 0 fully saturated rings. The molecule has 7 heteroatoms. The number of hydrogen-bond acceptors (Lipinski definition) is 6. The van der Waals surface area contributed by atoms with E-state index in [1.165, 1.54) is 17.8 Å². The van der Waals surface area contributed by atoms with E-state index in [0.717, 1.165) is 5.69 Å². The fourth-order valence-corrected chi connectivity index (χ4v) is 3.14. The number of benzene rings is 1. The van der Waals surface area contributed by atoms with Gasteiger partial charge in [-0.25, -0.2) is 9.97 Å². The van der Waals surface area contributed by atoms with Crippen molar-refractivity contribution in [2.45, 2.75) is 24.3 Å². The number of aromatic nitrogens is 2. The van der Waals surface area contributed by atoms with Crippen molar-refractivity contribution in [3.05, 3.63) is 36.4 Å². The number of carbonyl (C=O) groups excluding carboxylic acids is 1. The first-order valence-corrected chi connectivity index (χ1v) is 8.15. The Bertz CT molecular complexity index is 657. The van der Waals surface area contributed by atoms with E-state index >= 15 is 0 Å². The largest absolute Gasteiger partial charge is 0.383 e. The first-order chi connectivity index (χ1) is 10.9. The van der Waals surface area contributed by atoms with Crippen molar-refractivity contribution >= 4 is 35.0 Å². The van der Waals surface area contributed by atoms with E-state index in [9.17, 15) is 4.79 Å². The average molecular weight is 331 g/mol. The molecule has 1 aromatic carbocycles. The number of anilines is 3. The van der Waals surface area contributed by atoms with E-state index in [-0.39, 0.29) is 17.1 Å². The lowest BCUT2D eigenvalue weighted by Crippen LogP contribution is -2.37. The zero-order valence-corrected chi connectivity index (χ0v) is 14.2. The number of para-hydroxylation sites is 1. The van der Waals surface area contributed by atoms with E-state index in [0.29, 0.717) is 16.8 Å². The van der Waals surface area contributed by atoms with Crippen LogP contribution in [0.25, 0.3) is 0 Å². The number of nitrogen functional groups attached to an aromatic ring is 2. The predicted octanol–water partition coefficient (Wildman–Crippen LogP) is 2.42.